The van der Waals surface area contributed by atoms with Crippen molar-refractivity contribution in [3.63, 3.8) is 0 Å². The third-order valence-corrected chi connectivity index (χ3v) is 3.32. The van der Waals surface area contributed by atoms with Gasteiger partial charge in [0.2, 0.25) is 0 Å². The van der Waals surface area contributed by atoms with E-state index in [2.05, 4.69) is 0 Å². The first kappa shape index (κ1) is 12.1. The third-order valence-electron chi connectivity index (χ3n) is 2.01. The second-order valence-electron chi connectivity index (χ2n) is 3.36. The van der Waals surface area contributed by atoms with Crippen LogP contribution in [0.1, 0.15) is 17.3 Å². The van der Waals surface area contributed by atoms with Gasteiger partial charge in [-0.15, -0.1) is 0 Å². The quantitative estimate of drug-likeness (QED) is 0.732. The Balaban J connectivity index is 2.97. The summed E-state index contributed by atoms with van der Waals surface area (Å²) in [5.74, 6) is 0.504. The largest absolute Gasteiger partial charge is 0.611 e. The van der Waals surface area contributed by atoms with Gasteiger partial charge in [-0.05, 0) is 30.2 Å². The van der Waals surface area contributed by atoms with Crippen LogP contribution in [0.2, 0.25) is 0 Å². The van der Waals surface area contributed by atoms with Crippen LogP contribution in [-0.2, 0) is 11.2 Å². The van der Waals surface area contributed by atoms with Gasteiger partial charge in [0.15, 0.2) is 4.90 Å². The minimum atomic E-state index is -1.00. The van der Waals surface area contributed by atoms with Gasteiger partial charge in [-0.1, -0.05) is 6.07 Å². The summed E-state index contributed by atoms with van der Waals surface area (Å²) in [6.45, 7) is 1.86. The van der Waals surface area contributed by atoms with E-state index in [1.807, 2.05) is 6.92 Å². The van der Waals surface area contributed by atoms with Crippen LogP contribution < -0.4 is 0 Å². The zero-order valence-electron chi connectivity index (χ0n) is 9.19. The summed E-state index contributed by atoms with van der Waals surface area (Å²) in [7, 11) is 3.40. The number of carbonyl (C=O) groups excluding carboxylic acids is 1. The molecule has 0 saturated heterocycles. The Labute approximate surface area is 93.3 Å². The fourth-order valence-corrected chi connectivity index (χ4v) is 2.02. The van der Waals surface area contributed by atoms with E-state index in [0.717, 1.165) is 0 Å². The zero-order valence-corrected chi connectivity index (χ0v) is 10.0. The van der Waals surface area contributed by atoms with Crippen LogP contribution in [-0.4, -0.2) is 35.2 Å². The third kappa shape index (κ3) is 2.97. The SMILES string of the molecule is CC[S+]([O-])c1cccc(C(=O)N(C)C)c1. The Hall–Kier alpha value is -1.00. The molecule has 1 unspecified atom stereocenters. The smallest absolute Gasteiger partial charge is 0.253 e. The van der Waals surface area contributed by atoms with Gasteiger partial charge < -0.3 is 9.45 Å². The molecule has 0 fully saturated rings. The number of amides is 1. The molecule has 1 rings (SSSR count). The average Bonchev–Trinajstić information content (AvgIpc) is 2.27. The predicted molar refractivity (Wildman–Crippen MR) is 61.4 cm³/mol. The summed E-state index contributed by atoms with van der Waals surface area (Å²) in [5, 5.41) is 0. The minimum Gasteiger partial charge on any atom is -0.611 e. The van der Waals surface area contributed by atoms with Crippen LogP contribution in [0.25, 0.3) is 0 Å². The Morgan fingerprint density at radius 2 is 2.13 bits per heavy atom. The monoisotopic (exact) mass is 225 g/mol. The lowest BCUT2D eigenvalue weighted by atomic mass is 10.2. The number of hydrogen-bond donors (Lipinski definition) is 0. The highest BCUT2D eigenvalue weighted by atomic mass is 32.2. The van der Waals surface area contributed by atoms with Crippen molar-refractivity contribution in [1.29, 1.82) is 0 Å². The van der Waals surface area contributed by atoms with E-state index in [1.165, 1.54) is 4.90 Å². The second-order valence-corrected chi connectivity index (χ2v) is 5.10. The molecule has 1 atom stereocenters. The van der Waals surface area contributed by atoms with Crippen LogP contribution in [0.3, 0.4) is 0 Å². The lowest BCUT2D eigenvalue weighted by Gasteiger charge is -2.12. The van der Waals surface area contributed by atoms with Crippen molar-refractivity contribution in [2.75, 3.05) is 19.8 Å². The molecule has 0 aromatic heterocycles. The Kier molecular flexibility index (Phi) is 4.17. The molecule has 1 aromatic carbocycles. The lowest BCUT2D eigenvalue weighted by Crippen LogP contribution is -2.21. The summed E-state index contributed by atoms with van der Waals surface area (Å²) < 4.78 is 11.5. The highest BCUT2D eigenvalue weighted by Gasteiger charge is 2.13. The summed E-state index contributed by atoms with van der Waals surface area (Å²) in [6.07, 6.45) is 0. The van der Waals surface area contributed by atoms with Crippen molar-refractivity contribution >= 4 is 17.1 Å². The maximum atomic E-state index is 11.6. The summed E-state index contributed by atoms with van der Waals surface area (Å²) in [4.78, 5) is 13.9. The van der Waals surface area contributed by atoms with Crippen molar-refractivity contribution in [2.45, 2.75) is 11.8 Å². The van der Waals surface area contributed by atoms with E-state index in [1.54, 1.807) is 38.4 Å². The van der Waals surface area contributed by atoms with Gasteiger partial charge in [0.05, 0.1) is 0 Å². The summed E-state index contributed by atoms with van der Waals surface area (Å²) >= 11 is -1.00. The fraction of sp³-hybridized carbons (Fsp3) is 0.364. The fourth-order valence-electron chi connectivity index (χ4n) is 1.20. The molecular formula is C11H15NO2S. The molecule has 4 heteroatoms. The standard InChI is InChI=1S/C11H15NO2S/c1-4-15(14)10-7-5-6-9(8-10)11(13)12(2)3/h5-8H,4H2,1-3H3. The highest BCUT2D eigenvalue weighted by molar-refractivity contribution is 7.91. The van der Waals surface area contributed by atoms with Crippen LogP contribution in [0, 0.1) is 0 Å². The molecule has 1 aromatic rings. The number of hydrogen-bond acceptors (Lipinski definition) is 2. The van der Waals surface area contributed by atoms with E-state index in [0.29, 0.717) is 16.2 Å². The molecule has 0 heterocycles. The minimum absolute atomic E-state index is 0.0649. The van der Waals surface area contributed by atoms with Gasteiger partial charge in [0.1, 0.15) is 5.75 Å². The molecule has 15 heavy (non-hydrogen) atoms. The molecule has 0 aliphatic carbocycles. The molecule has 0 saturated carbocycles. The molecular weight excluding hydrogens is 210 g/mol. The molecule has 0 radical (unpaired) electrons. The number of nitrogens with zero attached hydrogens (tertiary/aromatic N) is 1. The Bertz CT molecular complexity index is 352. The van der Waals surface area contributed by atoms with Crippen LogP contribution in [0.15, 0.2) is 29.2 Å². The van der Waals surface area contributed by atoms with Crippen molar-refractivity contribution in [2.24, 2.45) is 0 Å². The van der Waals surface area contributed by atoms with Gasteiger partial charge in [0, 0.05) is 25.7 Å². The molecule has 0 aliphatic rings. The van der Waals surface area contributed by atoms with Crippen LogP contribution in [0.5, 0.6) is 0 Å². The average molecular weight is 225 g/mol. The van der Waals surface area contributed by atoms with E-state index in [4.69, 9.17) is 0 Å². The van der Waals surface area contributed by atoms with Crippen LogP contribution >= 0.6 is 0 Å². The first-order valence-electron chi connectivity index (χ1n) is 4.76. The van der Waals surface area contributed by atoms with Crippen LogP contribution in [0.4, 0.5) is 0 Å². The van der Waals surface area contributed by atoms with Gasteiger partial charge in [-0.3, -0.25) is 4.79 Å². The Morgan fingerprint density at radius 3 is 2.67 bits per heavy atom. The summed E-state index contributed by atoms with van der Waals surface area (Å²) in [6, 6.07) is 6.98. The number of carbonyl (C=O) groups is 1. The van der Waals surface area contributed by atoms with E-state index in [-0.39, 0.29) is 5.91 Å². The molecule has 0 bridgehead atoms. The second kappa shape index (κ2) is 5.19. The molecule has 1 amide bonds. The van der Waals surface area contributed by atoms with Gasteiger partial charge in [-0.25, -0.2) is 0 Å². The first-order chi connectivity index (χ1) is 7.06. The van der Waals surface area contributed by atoms with Gasteiger partial charge in [-0.2, -0.15) is 0 Å². The molecule has 0 spiro atoms. The molecule has 0 N–H and O–H groups in total. The lowest BCUT2D eigenvalue weighted by molar-refractivity contribution is 0.0827. The Morgan fingerprint density at radius 1 is 1.47 bits per heavy atom. The van der Waals surface area contributed by atoms with Crippen molar-refractivity contribution in [3.05, 3.63) is 29.8 Å². The van der Waals surface area contributed by atoms with E-state index >= 15 is 0 Å². The molecule has 3 nitrogen and oxygen atoms in total. The predicted octanol–water partition coefficient (Wildman–Crippen LogP) is 1.52. The number of rotatable bonds is 3. The maximum absolute atomic E-state index is 11.6. The van der Waals surface area contributed by atoms with Crippen molar-refractivity contribution < 1.29 is 9.35 Å². The summed E-state index contributed by atoms with van der Waals surface area (Å²) in [5.41, 5.74) is 0.583. The van der Waals surface area contributed by atoms with E-state index in [9.17, 15) is 9.35 Å². The van der Waals surface area contributed by atoms with Gasteiger partial charge >= 0.3 is 0 Å². The van der Waals surface area contributed by atoms with Gasteiger partial charge in [0.25, 0.3) is 5.91 Å². The number of benzene rings is 1. The normalized spacial score (nSPS) is 12.3. The topological polar surface area (TPSA) is 43.4 Å². The first-order valence-corrected chi connectivity index (χ1v) is 6.08. The molecule has 0 aliphatic heterocycles. The maximum Gasteiger partial charge on any atom is 0.253 e. The van der Waals surface area contributed by atoms with Crippen molar-refractivity contribution in [3.8, 4) is 0 Å². The zero-order chi connectivity index (χ0) is 11.4. The molecule has 82 valence electrons. The van der Waals surface area contributed by atoms with Crippen molar-refractivity contribution in [1.82, 2.24) is 4.90 Å². The van der Waals surface area contributed by atoms with E-state index < -0.39 is 11.2 Å². The highest BCUT2D eigenvalue weighted by Crippen LogP contribution is 2.14.